The molecule has 0 heterocycles. The molecule has 2 unspecified atom stereocenters. The molecule has 2 fully saturated rings. The van der Waals surface area contributed by atoms with Crippen LogP contribution < -0.4 is 10.6 Å². The van der Waals surface area contributed by atoms with Gasteiger partial charge in [-0.15, -0.1) is 0 Å². The number of hydrogen-bond donors (Lipinski definition) is 3. The summed E-state index contributed by atoms with van der Waals surface area (Å²) in [5.74, 6) is 0.146. The van der Waals surface area contributed by atoms with E-state index < -0.39 is 0 Å². The van der Waals surface area contributed by atoms with Crippen LogP contribution >= 0.6 is 0 Å². The monoisotopic (exact) mass is 344 g/mol. The van der Waals surface area contributed by atoms with Gasteiger partial charge in [0, 0.05) is 29.6 Å². The van der Waals surface area contributed by atoms with Gasteiger partial charge in [0.15, 0.2) is 0 Å². The maximum Gasteiger partial charge on any atom is 0.251 e. The van der Waals surface area contributed by atoms with Gasteiger partial charge in [-0.05, 0) is 43.9 Å². The Kier molecular flexibility index (Phi) is 6.08. The Morgan fingerprint density at radius 2 is 1.84 bits per heavy atom. The Bertz CT molecular complexity index is 611. The lowest BCUT2D eigenvalue weighted by Gasteiger charge is -2.21. The van der Waals surface area contributed by atoms with Gasteiger partial charge < -0.3 is 15.7 Å². The van der Waals surface area contributed by atoms with Gasteiger partial charge in [0.25, 0.3) is 5.91 Å². The van der Waals surface area contributed by atoms with Gasteiger partial charge in [-0.3, -0.25) is 9.59 Å². The van der Waals surface area contributed by atoms with Crippen LogP contribution in [-0.4, -0.2) is 29.6 Å². The molecule has 136 valence electrons. The van der Waals surface area contributed by atoms with Crippen LogP contribution in [0.25, 0.3) is 0 Å². The number of carbonyl (C=O) groups is 2. The van der Waals surface area contributed by atoms with E-state index in [2.05, 4.69) is 10.6 Å². The van der Waals surface area contributed by atoms with Gasteiger partial charge in [0.2, 0.25) is 5.91 Å². The number of carbonyl (C=O) groups excluding carboxylic acids is 2. The fourth-order valence-electron chi connectivity index (χ4n) is 3.93. The second-order valence-electron chi connectivity index (χ2n) is 7.37. The van der Waals surface area contributed by atoms with Crippen molar-refractivity contribution in [2.75, 3.05) is 11.9 Å². The van der Waals surface area contributed by atoms with Crippen molar-refractivity contribution in [3.63, 3.8) is 0 Å². The van der Waals surface area contributed by atoms with E-state index in [-0.39, 0.29) is 29.8 Å². The topological polar surface area (TPSA) is 78.4 Å². The van der Waals surface area contributed by atoms with E-state index in [1.165, 1.54) is 6.42 Å². The molecule has 2 atom stereocenters. The number of rotatable bonds is 5. The van der Waals surface area contributed by atoms with Gasteiger partial charge in [-0.25, -0.2) is 0 Å². The zero-order chi connectivity index (χ0) is 17.6. The Balaban J connectivity index is 1.54. The van der Waals surface area contributed by atoms with Crippen LogP contribution in [0.2, 0.25) is 0 Å². The van der Waals surface area contributed by atoms with Crippen LogP contribution in [0.1, 0.15) is 61.7 Å². The van der Waals surface area contributed by atoms with Gasteiger partial charge in [0.1, 0.15) is 0 Å². The third kappa shape index (κ3) is 4.82. The van der Waals surface area contributed by atoms with Crippen molar-refractivity contribution in [3.8, 4) is 0 Å². The molecular formula is C20H28N2O3. The maximum atomic E-state index is 12.3. The highest BCUT2D eigenvalue weighted by Gasteiger charge is 2.25. The highest BCUT2D eigenvalue weighted by Crippen LogP contribution is 2.26. The van der Waals surface area contributed by atoms with Crippen molar-refractivity contribution in [2.24, 2.45) is 11.8 Å². The Labute approximate surface area is 149 Å². The Hall–Kier alpha value is -1.88. The third-order valence-electron chi connectivity index (χ3n) is 5.51. The minimum Gasteiger partial charge on any atom is -0.393 e. The standard InChI is InChI=1S/C20H28N2O3/c23-18-11-5-9-16(18)13-21-19(24)15-8-4-10-17(12-15)22-20(25)14-6-2-1-3-7-14/h4,8,10,12,14,16,18,23H,1-3,5-7,9,11,13H2,(H,21,24)(H,22,25). The van der Waals surface area contributed by atoms with Crippen molar-refractivity contribution in [2.45, 2.75) is 57.5 Å². The number of aliphatic hydroxyl groups is 1. The molecule has 0 aromatic heterocycles. The average molecular weight is 344 g/mol. The van der Waals surface area contributed by atoms with E-state index >= 15 is 0 Å². The highest BCUT2D eigenvalue weighted by atomic mass is 16.3. The molecule has 0 saturated heterocycles. The first kappa shape index (κ1) is 17.9. The highest BCUT2D eigenvalue weighted by molar-refractivity contribution is 5.97. The van der Waals surface area contributed by atoms with Crippen LogP contribution in [0.3, 0.4) is 0 Å². The van der Waals surface area contributed by atoms with Crippen LogP contribution in [0.15, 0.2) is 24.3 Å². The summed E-state index contributed by atoms with van der Waals surface area (Å²) in [6.45, 7) is 0.499. The predicted octanol–water partition coefficient (Wildman–Crippen LogP) is 3.10. The molecular weight excluding hydrogens is 316 g/mol. The van der Waals surface area contributed by atoms with Crippen molar-refractivity contribution >= 4 is 17.5 Å². The molecule has 0 radical (unpaired) electrons. The lowest BCUT2D eigenvalue weighted by atomic mass is 9.88. The van der Waals surface area contributed by atoms with Gasteiger partial charge in [-0.2, -0.15) is 0 Å². The fourth-order valence-corrected chi connectivity index (χ4v) is 3.93. The molecule has 2 aliphatic carbocycles. The second-order valence-corrected chi connectivity index (χ2v) is 7.37. The summed E-state index contributed by atoms with van der Waals surface area (Å²) in [6.07, 6.45) is 7.86. The van der Waals surface area contributed by atoms with Crippen LogP contribution in [-0.2, 0) is 4.79 Å². The molecule has 5 nitrogen and oxygen atoms in total. The van der Waals surface area contributed by atoms with Crippen molar-refractivity contribution in [3.05, 3.63) is 29.8 Å². The molecule has 2 aliphatic rings. The fraction of sp³-hybridized carbons (Fsp3) is 0.600. The van der Waals surface area contributed by atoms with E-state index in [1.807, 2.05) is 6.07 Å². The van der Waals surface area contributed by atoms with Crippen molar-refractivity contribution < 1.29 is 14.7 Å². The van der Waals surface area contributed by atoms with E-state index in [9.17, 15) is 14.7 Å². The summed E-state index contributed by atoms with van der Waals surface area (Å²) in [7, 11) is 0. The number of benzene rings is 1. The number of amides is 2. The van der Waals surface area contributed by atoms with Crippen LogP contribution in [0.4, 0.5) is 5.69 Å². The number of aliphatic hydroxyl groups excluding tert-OH is 1. The predicted molar refractivity (Wildman–Crippen MR) is 97.3 cm³/mol. The van der Waals surface area contributed by atoms with E-state index in [0.717, 1.165) is 44.9 Å². The summed E-state index contributed by atoms with van der Waals surface area (Å²) < 4.78 is 0. The molecule has 1 aromatic rings. The Morgan fingerprint density at radius 3 is 2.56 bits per heavy atom. The summed E-state index contributed by atoms with van der Waals surface area (Å²) in [6, 6.07) is 7.08. The van der Waals surface area contributed by atoms with Crippen molar-refractivity contribution in [1.29, 1.82) is 0 Å². The summed E-state index contributed by atoms with van der Waals surface area (Å²) in [4.78, 5) is 24.7. The van der Waals surface area contributed by atoms with Gasteiger partial charge in [-0.1, -0.05) is 31.7 Å². The first-order valence-electron chi connectivity index (χ1n) is 9.50. The molecule has 0 aliphatic heterocycles. The number of hydrogen-bond acceptors (Lipinski definition) is 3. The lowest BCUT2D eigenvalue weighted by molar-refractivity contribution is -0.120. The minimum atomic E-state index is -0.304. The summed E-state index contributed by atoms with van der Waals surface area (Å²) in [5, 5.41) is 15.7. The normalized spacial score (nSPS) is 24.0. The van der Waals surface area contributed by atoms with Crippen molar-refractivity contribution in [1.82, 2.24) is 5.32 Å². The largest absolute Gasteiger partial charge is 0.393 e. The molecule has 0 spiro atoms. The zero-order valence-electron chi connectivity index (χ0n) is 14.7. The smallest absolute Gasteiger partial charge is 0.251 e. The quantitative estimate of drug-likeness (QED) is 0.768. The third-order valence-corrected chi connectivity index (χ3v) is 5.51. The van der Waals surface area contributed by atoms with Gasteiger partial charge >= 0.3 is 0 Å². The number of nitrogens with one attached hydrogen (secondary N) is 2. The summed E-state index contributed by atoms with van der Waals surface area (Å²) in [5.41, 5.74) is 1.21. The molecule has 25 heavy (non-hydrogen) atoms. The van der Waals surface area contributed by atoms with Gasteiger partial charge in [0.05, 0.1) is 6.10 Å². The molecule has 3 rings (SSSR count). The van der Waals surface area contributed by atoms with E-state index in [1.54, 1.807) is 18.2 Å². The van der Waals surface area contributed by atoms with Crippen LogP contribution in [0, 0.1) is 11.8 Å². The van der Waals surface area contributed by atoms with E-state index in [0.29, 0.717) is 17.8 Å². The minimum absolute atomic E-state index is 0.0614. The lowest BCUT2D eigenvalue weighted by Crippen LogP contribution is -2.32. The first-order valence-corrected chi connectivity index (χ1v) is 9.50. The molecule has 5 heteroatoms. The average Bonchev–Trinajstić information content (AvgIpc) is 3.05. The molecule has 2 amide bonds. The first-order chi connectivity index (χ1) is 12.1. The second kappa shape index (κ2) is 8.48. The summed E-state index contributed by atoms with van der Waals surface area (Å²) >= 11 is 0. The molecule has 3 N–H and O–H groups in total. The maximum absolute atomic E-state index is 12.3. The molecule has 0 bridgehead atoms. The van der Waals surface area contributed by atoms with E-state index in [4.69, 9.17) is 0 Å². The Morgan fingerprint density at radius 1 is 1.04 bits per heavy atom. The van der Waals surface area contributed by atoms with Crippen LogP contribution in [0.5, 0.6) is 0 Å². The molecule has 2 saturated carbocycles. The molecule has 1 aromatic carbocycles. The number of anilines is 1. The SMILES string of the molecule is O=C(NCC1CCCC1O)c1cccc(NC(=O)C2CCCCC2)c1. The zero-order valence-corrected chi connectivity index (χ0v) is 14.7.